The number of carboxylic acids is 1. The summed E-state index contributed by atoms with van der Waals surface area (Å²) in [6.45, 7) is 18.2. The van der Waals surface area contributed by atoms with Gasteiger partial charge in [-0.05, 0) is 112 Å². The highest BCUT2D eigenvalue weighted by molar-refractivity contribution is 5.95. The highest BCUT2D eigenvalue weighted by Crippen LogP contribution is 2.14. The normalized spacial score (nSPS) is 11.7. The Labute approximate surface area is 273 Å². The number of carbonyl (C=O) groups excluding carboxylic acids is 4. The number of rotatable bonds is 15. The van der Waals surface area contributed by atoms with Crippen molar-refractivity contribution in [3.8, 4) is 0 Å². The van der Waals surface area contributed by atoms with Crippen LogP contribution in [0.2, 0.25) is 0 Å². The van der Waals surface area contributed by atoms with E-state index in [2.05, 4.69) is 10.6 Å². The largest absolute Gasteiger partial charge is 0.478 e. The number of nitrogens with zero attached hydrogens (tertiary/aromatic N) is 2. The first kappa shape index (κ1) is 40.0. The van der Waals surface area contributed by atoms with Crippen molar-refractivity contribution < 1.29 is 43.3 Å². The van der Waals surface area contributed by atoms with Crippen molar-refractivity contribution >= 4 is 30.2 Å². The molecular weight excluding hydrogens is 596 g/mol. The third-order valence-corrected chi connectivity index (χ3v) is 5.97. The van der Waals surface area contributed by atoms with Gasteiger partial charge in [0.25, 0.3) is 5.91 Å². The molecule has 0 atom stereocenters. The lowest BCUT2D eigenvalue weighted by atomic mass is 10.1. The van der Waals surface area contributed by atoms with Crippen LogP contribution in [0.25, 0.3) is 0 Å². The van der Waals surface area contributed by atoms with Crippen molar-refractivity contribution in [1.82, 2.24) is 20.4 Å². The number of aromatic carboxylic acids is 1. The third-order valence-electron chi connectivity index (χ3n) is 5.97. The van der Waals surface area contributed by atoms with Crippen molar-refractivity contribution in [2.45, 2.75) is 105 Å². The number of unbranched alkanes of at least 4 members (excludes halogenated alkanes) is 1. The van der Waals surface area contributed by atoms with Crippen LogP contribution >= 0.6 is 0 Å². The Kier molecular flexibility index (Phi) is 15.8. The smallest absolute Gasteiger partial charge is 0.410 e. The molecule has 13 heteroatoms. The minimum Gasteiger partial charge on any atom is -0.478 e. The predicted octanol–water partition coefficient (Wildman–Crippen LogP) is 5.67. The van der Waals surface area contributed by atoms with Gasteiger partial charge in [-0.2, -0.15) is 0 Å². The van der Waals surface area contributed by atoms with Crippen LogP contribution in [0.3, 0.4) is 0 Å². The van der Waals surface area contributed by atoms with Gasteiger partial charge < -0.3 is 39.8 Å². The number of nitrogens with one attached hydrogen (secondary N) is 2. The molecule has 0 bridgehead atoms. The second-order valence-electron chi connectivity index (χ2n) is 13.9. The molecule has 3 N–H and O–H groups in total. The Hall–Kier alpha value is -4.03. The summed E-state index contributed by atoms with van der Waals surface area (Å²) in [6, 6.07) is 5.63. The summed E-state index contributed by atoms with van der Waals surface area (Å²) in [5, 5.41) is 14.5. The fourth-order valence-corrected chi connectivity index (χ4v) is 3.96. The Morgan fingerprint density at radius 2 is 0.957 bits per heavy atom. The molecule has 0 aromatic heterocycles. The molecule has 0 saturated heterocycles. The molecule has 0 radical (unpaired) electrons. The van der Waals surface area contributed by atoms with Crippen LogP contribution in [-0.4, -0.2) is 101 Å². The maximum absolute atomic E-state index is 12.9. The second-order valence-corrected chi connectivity index (χ2v) is 13.9. The van der Waals surface area contributed by atoms with Gasteiger partial charge in [-0.1, -0.05) is 0 Å². The first-order valence-corrected chi connectivity index (χ1v) is 15.7. The first-order valence-electron chi connectivity index (χ1n) is 15.7. The lowest BCUT2D eigenvalue weighted by Crippen LogP contribution is -2.40. The molecule has 4 amide bonds. The van der Waals surface area contributed by atoms with E-state index in [0.717, 1.165) is 0 Å². The molecule has 260 valence electrons. The van der Waals surface area contributed by atoms with E-state index in [1.54, 1.807) is 72.1 Å². The molecule has 0 heterocycles. The van der Waals surface area contributed by atoms with Gasteiger partial charge in [-0.15, -0.1) is 0 Å². The number of carboxylic acid groups (broad SMARTS) is 1. The van der Waals surface area contributed by atoms with Gasteiger partial charge >= 0.3 is 24.2 Å². The average Bonchev–Trinajstić information content (AvgIpc) is 2.90. The molecule has 46 heavy (non-hydrogen) atoms. The number of amides is 4. The molecule has 0 aliphatic rings. The van der Waals surface area contributed by atoms with E-state index in [4.69, 9.17) is 19.3 Å². The summed E-state index contributed by atoms with van der Waals surface area (Å²) in [5.74, 6) is -1.41. The molecule has 0 unspecified atom stereocenters. The van der Waals surface area contributed by atoms with Crippen LogP contribution in [0.15, 0.2) is 24.3 Å². The van der Waals surface area contributed by atoms with Crippen molar-refractivity contribution in [3.05, 3.63) is 35.4 Å². The summed E-state index contributed by atoms with van der Waals surface area (Å²) in [5.41, 5.74) is -1.54. The Balaban J connectivity index is 2.70. The van der Waals surface area contributed by atoms with Gasteiger partial charge in [0.15, 0.2) is 0 Å². The summed E-state index contributed by atoms with van der Waals surface area (Å²) in [6.07, 6.45) is 0.679. The standard InChI is InChI=1S/C33H54N4O9/c1-31(2,3)44-28(41)35-19-13-23-37(30(43)46-33(7,8)9)21-11-10-20-36(29(42)45-32(4,5)6)22-12-18-34-26(38)24-14-16-25(17-15-24)27(39)40/h14-17H,10-13,18-23H2,1-9H3,(H,34,38)(H,35,41)(H,39,40). The fraction of sp³-hybridized carbons (Fsp3) is 0.667. The second kappa shape index (κ2) is 18.2. The number of hydrogen-bond acceptors (Lipinski definition) is 8. The van der Waals surface area contributed by atoms with Crippen molar-refractivity contribution in [2.24, 2.45) is 0 Å². The molecule has 1 aromatic rings. The molecule has 0 aliphatic heterocycles. The molecule has 13 nitrogen and oxygen atoms in total. The predicted molar refractivity (Wildman–Crippen MR) is 174 cm³/mol. The Morgan fingerprint density at radius 3 is 1.35 bits per heavy atom. The number of benzene rings is 1. The topological polar surface area (TPSA) is 164 Å². The van der Waals surface area contributed by atoms with E-state index in [9.17, 15) is 24.0 Å². The van der Waals surface area contributed by atoms with E-state index in [0.29, 0.717) is 70.5 Å². The highest BCUT2D eigenvalue weighted by atomic mass is 16.6. The summed E-state index contributed by atoms with van der Waals surface area (Å²) in [4.78, 5) is 64.5. The molecule has 1 aromatic carbocycles. The van der Waals surface area contributed by atoms with E-state index in [1.807, 2.05) is 0 Å². The average molecular weight is 651 g/mol. The number of carbonyl (C=O) groups is 5. The SMILES string of the molecule is CC(C)(C)OC(=O)NCCCN(CCCCN(CCCNC(=O)c1ccc(C(=O)O)cc1)C(=O)OC(C)(C)C)C(=O)OC(C)(C)C. The minimum atomic E-state index is -1.07. The first-order chi connectivity index (χ1) is 21.2. The zero-order valence-electron chi connectivity index (χ0n) is 29.0. The molecule has 0 saturated carbocycles. The number of ether oxygens (including phenoxy) is 3. The zero-order valence-corrected chi connectivity index (χ0v) is 29.0. The lowest BCUT2D eigenvalue weighted by molar-refractivity contribution is 0.0207. The quantitative estimate of drug-likeness (QED) is 0.160. The third kappa shape index (κ3) is 18.1. The van der Waals surface area contributed by atoms with Gasteiger partial charge in [0.1, 0.15) is 16.8 Å². The maximum atomic E-state index is 12.9. The summed E-state index contributed by atoms with van der Waals surface area (Å²) < 4.78 is 16.4. The number of alkyl carbamates (subject to hydrolysis) is 1. The van der Waals surface area contributed by atoms with Gasteiger partial charge in [-0.3, -0.25) is 4.79 Å². The molecule has 0 aliphatic carbocycles. The fourth-order valence-electron chi connectivity index (χ4n) is 3.96. The number of hydrogen-bond donors (Lipinski definition) is 3. The molecule has 0 fully saturated rings. The minimum absolute atomic E-state index is 0.0916. The molecule has 0 spiro atoms. The molecule has 1 rings (SSSR count). The molecular formula is C33H54N4O9. The van der Waals surface area contributed by atoms with Crippen molar-refractivity contribution in [2.75, 3.05) is 39.3 Å². The summed E-state index contributed by atoms with van der Waals surface area (Å²) in [7, 11) is 0. The van der Waals surface area contributed by atoms with Crippen molar-refractivity contribution in [1.29, 1.82) is 0 Å². The van der Waals surface area contributed by atoms with Crippen LogP contribution in [0.5, 0.6) is 0 Å². The highest BCUT2D eigenvalue weighted by Gasteiger charge is 2.24. The van der Waals surface area contributed by atoms with Crippen LogP contribution in [0.1, 0.15) is 109 Å². The van der Waals surface area contributed by atoms with Crippen LogP contribution in [0, 0.1) is 0 Å². The van der Waals surface area contributed by atoms with Gasteiger partial charge in [-0.25, -0.2) is 19.2 Å². The lowest BCUT2D eigenvalue weighted by Gasteiger charge is -2.29. The summed E-state index contributed by atoms with van der Waals surface area (Å²) >= 11 is 0. The van der Waals surface area contributed by atoms with Crippen LogP contribution in [0.4, 0.5) is 14.4 Å². The van der Waals surface area contributed by atoms with Crippen molar-refractivity contribution in [3.63, 3.8) is 0 Å². The van der Waals surface area contributed by atoms with Gasteiger partial charge in [0.2, 0.25) is 0 Å². The maximum Gasteiger partial charge on any atom is 0.410 e. The van der Waals surface area contributed by atoms with E-state index in [1.165, 1.54) is 24.3 Å². The Morgan fingerprint density at radius 1 is 0.587 bits per heavy atom. The van der Waals surface area contributed by atoms with E-state index >= 15 is 0 Å². The Bertz CT molecular complexity index is 1150. The monoisotopic (exact) mass is 650 g/mol. The zero-order chi connectivity index (χ0) is 35.1. The van der Waals surface area contributed by atoms with Gasteiger partial charge in [0, 0.05) is 44.8 Å². The van der Waals surface area contributed by atoms with Crippen LogP contribution < -0.4 is 10.6 Å². The van der Waals surface area contributed by atoms with E-state index < -0.39 is 41.1 Å². The van der Waals surface area contributed by atoms with Crippen LogP contribution in [-0.2, 0) is 14.2 Å². The van der Waals surface area contributed by atoms with Gasteiger partial charge in [0.05, 0.1) is 5.56 Å². The van der Waals surface area contributed by atoms with E-state index in [-0.39, 0.29) is 11.5 Å².